The van der Waals surface area contributed by atoms with Crippen LogP contribution in [-0.2, 0) is 17.6 Å². The molecule has 1 aromatic carbocycles. The number of hydrogen-bond acceptors (Lipinski definition) is 2. The molecule has 0 saturated heterocycles. The fraction of sp³-hybridized carbons (Fsp3) is 0.562. The molecule has 3 rings (SSSR count). The lowest BCUT2D eigenvalue weighted by Gasteiger charge is -2.26. The Labute approximate surface area is 115 Å². The highest BCUT2D eigenvalue weighted by Gasteiger charge is 2.21. The summed E-state index contributed by atoms with van der Waals surface area (Å²) in [7, 11) is 1.87. The number of fused-ring (bicyclic) bond motifs is 1. The summed E-state index contributed by atoms with van der Waals surface area (Å²) in [5.41, 5.74) is 3.82. The van der Waals surface area contributed by atoms with Crippen LogP contribution in [0.2, 0.25) is 0 Å². The van der Waals surface area contributed by atoms with Gasteiger partial charge in [-0.1, -0.05) is 12.1 Å². The first-order valence-electron chi connectivity index (χ1n) is 7.36. The van der Waals surface area contributed by atoms with E-state index in [2.05, 4.69) is 23.5 Å². The van der Waals surface area contributed by atoms with E-state index in [1.807, 2.05) is 7.05 Å². The molecule has 1 aliphatic carbocycles. The molecular weight excluding hydrogens is 236 g/mol. The quantitative estimate of drug-likeness (QED) is 0.822. The van der Waals surface area contributed by atoms with E-state index < -0.39 is 0 Å². The third-order valence-electron chi connectivity index (χ3n) is 4.14. The van der Waals surface area contributed by atoms with Gasteiger partial charge in [0, 0.05) is 25.2 Å². The van der Waals surface area contributed by atoms with Crippen molar-refractivity contribution in [3.05, 3.63) is 29.3 Å². The predicted octanol–water partition coefficient (Wildman–Crippen LogP) is 2.28. The number of carbonyl (C=O) groups is 1. The molecular formula is C16H22N2O. The second kappa shape index (κ2) is 5.33. The molecule has 19 heavy (non-hydrogen) atoms. The predicted molar refractivity (Wildman–Crippen MR) is 77.5 cm³/mol. The lowest BCUT2D eigenvalue weighted by atomic mass is 9.97. The Morgan fingerprint density at radius 3 is 2.95 bits per heavy atom. The highest BCUT2D eigenvalue weighted by molar-refractivity contribution is 5.95. The van der Waals surface area contributed by atoms with E-state index in [1.54, 1.807) is 4.90 Å². The van der Waals surface area contributed by atoms with Gasteiger partial charge in [-0.25, -0.2) is 0 Å². The van der Waals surface area contributed by atoms with Crippen LogP contribution in [0.5, 0.6) is 0 Å². The van der Waals surface area contributed by atoms with Crippen molar-refractivity contribution in [2.75, 3.05) is 18.5 Å². The van der Waals surface area contributed by atoms with Crippen molar-refractivity contribution in [3.63, 3.8) is 0 Å². The molecule has 0 atom stereocenters. The first-order valence-corrected chi connectivity index (χ1v) is 7.36. The molecule has 1 heterocycles. The van der Waals surface area contributed by atoms with Crippen molar-refractivity contribution in [1.82, 2.24) is 5.32 Å². The van der Waals surface area contributed by atoms with Crippen molar-refractivity contribution in [1.29, 1.82) is 0 Å². The first-order chi connectivity index (χ1) is 9.24. The summed E-state index contributed by atoms with van der Waals surface area (Å²) >= 11 is 0. The highest BCUT2D eigenvalue weighted by Crippen LogP contribution is 2.27. The van der Waals surface area contributed by atoms with Gasteiger partial charge in [-0.3, -0.25) is 4.79 Å². The number of amides is 1. The Bertz CT molecular complexity index is 480. The lowest BCUT2D eigenvalue weighted by molar-refractivity contribution is -0.118. The van der Waals surface area contributed by atoms with Gasteiger partial charge in [0.15, 0.2) is 0 Å². The number of anilines is 1. The minimum Gasteiger partial charge on any atom is -0.315 e. The van der Waals surface area contributed by atoms with E-state index in [0.717, 1.165) is 31.1 Å². The summed E-state index contributed by atoms with van der Waals surface area (Å²) in [5, 5.41) is 3.55. The fourth-order valence-corrected chi connectivity index (χ4v) is 2.75. The average molecular weight is 258 g/mol. The zero-order valence-corrected chi connectivity index (χ0v) is 11.6. The zero-order valence-electron chi connectivity index (χ0n) is 11.6. The molecule has 0 unspecified atom stereocenters. The number of rotatable bonds is 5. The zero-order chi connectivity index (χ0) is 13.2. The Hall–Kier alpha value is -1.35. The molecule has 1 aromatic rings. The van der Waals surface area contributed by atoms with E-state index in [0.29, 0.717) is 6.42 Å². The van der Waals surface area contributed by atoms with Gasteiger partial charge in [-0.2, -0.15) is 0 Å². The van der Waals surface area contributed by atoms with Gasteiger partial charge >= 0.3 is 0 Å². The Kier molecular flexibility index (Phi) is 3.56. The van der Waals surface area contributed by atoms with Crippen molar-refractivity contribution in [2.45, 2.75) is 44.6 Å². The molecule has 3 heteroatoms. The molecule has 1 N–H and O–H groups in total. The van der Waals surface area contributed by atoms with Gasteiger partial charge in [0.25, 0.3) is 0 Å². The van der Waals surface area contributed by atoms with Gasteiger partial charge in [-0.05, 0) is 55.8 Å². The minimum atomic E-state index is 0.230. The van der Waals surface area contributed by atoms with Gasteiger partial charge in [0.05, 0.1) is 0 Å². The molecule has 1 aliphatic heterocycles. The van der Waals surface area contributed by atoms with Crippen LogP contribution in [0.25, 0.3) is 0 Å². The Morgan fingerprint density at radius 1 is 1.32 bits per heavy atom. The van der Waals surface area contributed by atoms with Gasteiger partial charge in [0.1, 0.15) is 0 Å². The van der Waals surface area contributed by atoms with Crippen LogP contribution >= 0.6 is 0 Å². The largest absolute Gasteiger partial charge is 0.315 e. The molecule has 0 radical (unpaired) electrons. The van der Waals surface area contributed by atoms with Gasteiger partial charge in [-0.15, -0.1) is 0 Å². The normalized spacial score (nSPS) is 18.6. The van der Waals surface area contributed by atoms with Crippen LogP contribution in [-0.4, -0.2) is 25.5 Å². The number of nitrogens with zero attached hydrogens (tertiary/aromatic N) is 1. The molecule has 2 aliphatic rings. The van der Waals surface area contributed by atoms with Crippen LogP contribution in [0.3, 0.4) is 0 Å². The van der Waals surface area contributed by atoms with Crippen molar-refractivity contribution in [2.24, 2.45) is 0 Å². The number of hydrogen-bond donors (Lipinski definition) is 1. The maximum Gasteiger partial charge on any atom is 0.227 e. The molecule has 1 saturated carbocycles. The number of benzene rings is 1. The summed E-state index contributed by atoms with van der Waals surface area (Å²) in [6.07, 6.45) is 6.59. The molecule has 1 amide bonds. The summed E-state index contributed by atoms with van der Waals surface area (Å²) in [5.74, 6) is 0.230. The van der Waals surface area contributed by atoms with Crippen LogP contribution in [0, 0.1) is 0 Å². The topological polar surface area (TPSA) is 32.3 Å². The molecule has 1 fully saturated rings. The van der Waals surface area contributed by atoms with Crippen LogP contribution in [0.15, 0.2) is 18.2 Å². The highest BCUT2D eigenvalue weighted by atomic mass is 16.2. The van der Waals surface area contributed by atoms with Gasteiger partial charge < -0.3 is 10.2 Å². The second-order valence-electron chi connectivity index (χ2n) is 5.75. The third kappa shape index (κ3) is 2.98. The maximum absolute atomic E-state index is 11.6. The summed E-state index contributed by atoms with van der Waals surface area (Å²) in [6.45, 7) is 1.13. The molecule has 3 nitrogen and oxygen atoms in total. The smallest absolute Gasteiger partial charge is 0.227 e. The average Bonchev–Trinajstić information content (AvgIpc) is 3.23. The summed E-state index contributed by atoms with van der Waals surface area (Å²) < 4.78 is 0. The SMILES string of the molecule is CN1C(=O)CCc2cc(CCCNC3CC3)ccc21. The third-order valence-corrected chi connectivity index (χ3v) is 4.14. The molecule has 0 aromatic heterocycles. The van der Waals surface area contributed by atoms with Crippen LogP contribution < -0.4 is 10.2 Å². The van der Waals surface area contributed by atoms with E-state index >= 15 is 0 Å². The number of carbonyl (C=O) groups excluding carboxylic acids is 1. The summed E-state index contributed by atoms with van der Waals surface area (Å²) in [6, 6.07) is 7.37. The monoisotopic (exact) mass is 258 g/mol. The maximum atomic E-state index is 11.6. The molecule has 0 spiro atoms. The summed E-state index contributed by atoms with van der Waals surface area (Å²) in [4.78, 5) is 13.4. The molecule has 0 bridgehead atoms. The number of aryl methyl sites for hydroxylation is 2. The Morgan fingerprint density at radius 2 is 2.16 bits per heavy atom. The first kappa shape index (κ1) is 12.7. The van der Waals surface area contributed by atoms with E-state index in [1.165, 1.54) is 30.4 Å². The minimum absolute atomic E-state index is 0.230. The van der Waals surface area contributed by atoms with Crippen molar-refractivity contribution in [3.8, 4) is 0 Å². The Balaban J connectivity index is 1.59. The van der Waals surface area contributed by atoms with Crippen LogP contribution in [0.1, 0.15) is 36.8 Å². The van der Waals surface area contributed by atoms with Gasteiger partial charge in [0.2, 0.25) is 5.91 Å². The van der Waals surface area contributed by atoms with Crippen LogP contribution in [0.4, 0.5) is 5.69 Å². The standard InChI is InChI=1S/C16H22N2O/c1-18-15-8-4-12(3-2-10-17-14-6-7-14)11-13(15)5-9-16(18)19/h4,8,11,14,17H,2-3,5-7,9-10H2,1H3. The lowest BCUT2D eigenvalue weighted by Crippen LogP contribution is -2.31. The van der Waals surface area contributed by atoms with E-state index in [9.17, 15) is 4.79 Å². The van der Waals surface area contributed by atoms with Crippen molar-refractivity contribution < 1.29 is 4.79 Å². The second-order valence-corrected chi connectivity index (χ2v) is 5.75. The van der Waals surface area contributed by atoms with E-state index in [4.69, 9.17) is 0 Å². The molecule has 102 valence electrons. The fourth-order valence-electron chi connectivity index (χ4n) is 2.75. The van der Waals surface area contributed by atoms with E-state index in [-0.39, 0.29) is 5.91 Å². The van der Waals surface area contributed by atoms with Crippen molar-refractivity contribution >= 4 is 11.6 Å². The number of nitrogens with one attached hydrogen (secondary N) is 1.